The van der Waals surface area contributed by atoms with Crippen molar-refractivity contribution in [3.8, 4) is 23.0 Å². The minimum absolute atomic E-state index is 0.148. The van der Waals surface area contributed by atoms with E-state index in [9.17, 15) is 4.79 Å². The molecule has 2 aromatic rings. The van der Waals surface area contributed by atoms with Crippen LogP contribution < -0.4 is 24.4 Å². The van der Waals surface area contributed by atoms with Gasteiger partial charge in [-0.2, -0.15) is 5.10 Å². The number of halogens is 3. The summed E-state index contributed by atoms with van der Waals surface area (Å²) in [7, 11) is 1.51. The number of hydrazone groups is 1. The minimum atomic E-state index is -0.444. The van der Waals surface area contributed by atoms with Gasteiger partial charge in [-0.05, 0) is 34.1 Å². The van der Waals surface area contributed by atoms with E-state index in [2.05, 4.69) is 42.4 Å². The summed E-state index contributed by atoms with van der Waals surface area (Å²) < 4.78 is 22.7. The molecule has 1 aliphatic rings. The fourth-order valence-corrected chi connectivity index (χ4v) is 3.71. The molecule has 27 heavy (non-hydrogen) atoms. The van der Waals surface area contributed by atoms with Crippen LogP contribution in [0.2, 0.25) is 5.02 Å². The topological polar surface area (TPSA) is 78.4 Å². The van der Waals surface area contributed by atoms with Crippen LogP contribution in [-0.4, -0.2) is 32.6 Å². The first-order valence-corrected chi connectivity index (χ1v) is 9.51. The third-order valence-electron chi connectivity index (χ3n) is 3.43. The number of nitrogens with one attached hydrogen (secondary N) is 1. The maximum absolute atomic E-state index is 12.0. The van der Waals surface area contributed by atoms with Gasteiger partial charge in [-0.15, -0.1) is 0 Å². The molecule has 0 aliphatic carbocycles. The van der Waals surface area contributed by atoms with E-state index in [-0.39, 0.29) is 13.4 Å². The fourth-order valence-electron chi connectivity index (χ4n) is 2.20. The van der Waals surface area contributed by atoms with Gasteiger partial charge in [0.25, 0.3) is 5.91 Å². The lowest BCUT2D eigenvalue weighted by Gasteiger charge is -2.12. The normalized spacial score (nSPS) is 12.3. The Hall–Kier alpha value is -1.97. The molecular weight excluding hydrogens is 507 g/mol. The summed E-state index contributed by atoms with van der Waals surface area (Å²) in [4.78, 5) is 12.0. The minimum Gasteiger partial charge on any atom is -0.493 e. The van der Waals surface area contributed by atoms with Crippen molar-refractivity contribution < 1.29 is 23.7 Å². The number of fused-ring (bicyclic) bond motifs is 1. The number of nitrogens with zero attached hydrogens (tertiary/aromatic N) is 1. The zero-order chi connectivity index (χ0) is 19.4. The summed E-state index contributed by atoms with van der Waals surface area (Å²) in [6.45, 7) is -0.0990. The molecule has 0 unspecified atom stereocenters. The Balaban J connectivity index is 1.59. The number of rotatable bonds is 6. The van der Waals surface area contributed by atoms with Gasteiger partial charge in [-0.3, -0.25) is 4.79 Å². The van der Waals surface area contributed by atoms with Crippen molar-refractivity contribution in [3.63, 3.8) is 0 Å². The first kappa shape index (κ1) is 19.8. The molecule has 2 aromatic carbocycles. The Morgan fingerprint density at radius 2 is 2.04 bits per heavy atom. The van der Waals surface area contributed by atoms with E-state index in [1.165, 1.54) is 13.3 Å². The standard InChI is InChI=1S/C17H13Br2ClN2O5/c1-24-15-4-10(18)3-11(19)17(15)25-7-16(23)22-21-6-9-2-13-14(5-12(9)20)27-8-26-13/h2-6H,7-8H2,1H3,(H,22,23)/b21-6+. The van der Waals surface area contributed by atoms with E-state index in [1.54, 1.807) is 24.3 Å². The van der Waals surface area contributed by atoms with Crippen molar-refractivity contribution >= 4 is 55.6 Å². The average molecular weight is 521 g/mol. The predicted molar refractivity (Wildman–Crippen MR) is 107 cm³/mol. The van der Waals surface area contributed by atoms with E-state index in [0.717, 1.165) is 4.47 Å². The molecule has 1 N–H and O–H groups in total. The predicted octanol–water partition coefficient (Wildman–Crippen LogP) is 4.13. The maximum Gasteiger partial charge on any atom is 0.277 e. The lowest BCUT2D eigenvalue weighted by atomic mass is 10.2. The first-order valence-electron chi connectivity index (χ1n) is 7.55. The van der Waals surface area contributed by atoms with Crippen LogP contribution in [0.5, 0.6) is 23.0 Å². The number of amides is 1. The highest BCUT2D eigenvalue weighted by Gasteiger charge is 2.16. The van der Waals surface area contributed by atoms with Gasteiger partial charge in [0, 0.05) is 16.1 Å². The van der Waals surface area contributed by atoms with Gasteiger partial charge in [0.1, 0.15) is 0 Å². The van der Waals surface area contributed by atoms with Crippen LogP contribution in [0.3, 0.4) is 0 Å². The van der Waals surface area contributed by atoms with Crippen LogP contribution in [0, 0.1) is 0 Å². The number of benzene rings is 2. The second kappa shape index (κ2) is 8.81. The highest BCUT2D eigenvalue weighted by atomic mass is 79.9. The average Bonchev–Trinajstić information content (AvgIpc) is 3.07. The summed E-state index contributed by atoms with van der Waals surface area (Å²) in [5.41, 5.74) is 2.96. The maximum atomic E-state index is 12.0. The van der Waals surface area contributed by atoms with Crippen molar-refractivity contribution in [2.24, 2.45) is 5.10 Å². The summed E-state index contributed by atoms with van der Waals surface area (Å²) >= 11 is 12.9. The summed E-state index contributed by atoms with van der Waals surface area (Å²) in [5, 5.41) is 4.31. The van der Waals surface area contributed by atoms with Crippen LogP contribution in [0.15, 0.2) is 38.3 Å². The molecule has 10 heteroatoms. The largest absolute Gasteiger partial charge is 0.493 e. The molecule has 0 aromatic heterocycles. The van der Waals surface area contributed by atoms with E-state index in [0.29, 0.717) is 38.1 Å². The zero-order valence-electron chi connectivity index (χ0n) is 13.9. The van der Waals surface area contributed by atoms with Crippen LogP contribution in [0.25, 0.3) is 0 Å². The molecule has 1 heterocycles. The van der Waals surface area contributed by atoms with E-state index >= 15 is 0 Å². The molecule has 0 atom stereocenters. The number of ether oxygens (including phenoxy) is 4. The Bertz CT molecular complexity index is 907. The second-order valence-corrected chi connectivity index (χ2v) is 7.41. The van der Waals surface area contributed by atoms with Gasteiger partial charge in [0.15, 0.2) is 29.6 Å². The van der Waals surface area contributed by atoms with Crippen LogP contribution in [0.4, 0.5) is 0 Å². The number of carbonyl (C=O) groups excluding carboxylic acids is 1. The van der Waals surface area contributed by atoms with Crippen LogP contribution in [-0.2, 0) is 4.79 Å². The molecule has 0 saturated carbocycles. The number of hydrogen-bond acceptors (Lipinski definition) is 6. The third-order valence-corrected chi connectivity index (χ3v) is 4.80. The molecule has 1 amide bonds. The fraction of sp³-hybridized carbons (Fsp3) is 0.176. The SMILES string of the molecule is COc1cc(Br)cc(Br)c1OCC(=O)N/N=C/c1cc2c(cc1Cl)OCO2. The van der Waals surface area contributed by atoms with Gasteiger partial charge in [0.05, 0.1) is 22.8 Å². The third kappa shape index (κ3) is 4.85. The summed E-state index contributed by atoms with van der Waals surface area (Å²) in [5.74, 6) is 1.60. The van der Waals surface area contributed by atoms with E-state index in [4.69, 9.17) is 30.5 Å². The van der Waals surface area contributed by atoms with Gasteiger partial charge in [-0.1, -0.05) is 27.5 Å². The molecule has 3 rings (SSSR count). The van der Waals surface area contributed by atoms with Gasteiger partial charge < -0.3 is 18.9 Å². The molecule has 1 aliphatic heterocycles. The molecule has 0 radical (unpaired) electrons. The highest BCUT2D eigenvalue weighted by Crippen LogP contribution is 2.38. The number of methoxy groups -OCH3 is 1. The molecule has 0 saturated heterocycles. The lowest BCUT2D eigenvalue weighted by Crippen LogP contribution is -2.24. The quantitative estimate of drug-likeness (QED) is 0.458. The highest BCUT2D eigenvalue weighted by molar-refractivity contribution is 9.11. The Labute approximate surface area is 176 Å². The van der Waals surface area contributed by atoms with E-state index in [1.807, 2.05) is 0 Å². The molecule has 7 nitrogen and oxygen atoms in total. The van der Waals surface area contributed by atoms with Crippen molar-refractivity contribution in [1.29, 1.82) is 0 Å². The monoisotopic (exact) mass is 518 g/mol. The number of hydrogen-bond donors (Lipinski definition) is 1. The van der Waals surface area contributed by atoms with Crippen molar-refractivity contribution in [3.05, 3.63) is 43.8 Å². The van der Waals surface area contributed by atoms with Gasteiger partial charge in [0.2, 0.25) is 6.79 Å². The molecule has 142 valence electrons. The lowest BCUT2D eigenvalue weighted by molar-refractivity contribution is -0.123. The molecule has 0 bridgehead atoms. The summed E-state index contributed by atoms with van der Waals surface area (Å²) in [6, 6.07) is 6.83. The van der Waals surface area contributed by atoms with Crippen LogP contribution >= 0.6 is 43.5 Å². The van der Waals surface area contributed by atoms with Gasteiger partial charge in [-0.25, -0.2) is 5.43 Å². The van der Waals surface area contributed by atoms with Crippen molar-refractivity contribution in [1.82, 2.24) is 5.43 Å². The Morgan fingerprint density at radius 1 is 1.30 bits per heavy atom. The number of carbonyl (C=O) groups is 1. The molecular formula is C17H13Br2ClN2O5. The first-order chi connectivity index (χ1) is 13.0. The van der Waals surface area contributed by atoms with Crippen LogP contribution in [0.1, 0.15) is 5.56 Å². The molecule has 0 spiro atoms. The van der Waals surface area contributed by atoms with Crippen molar-refractivity contribution in [2.45, 2.75) is 0 Å². The molecule has 0 fully saturated rings. The smallest absolute Gasteiger partial charge is 0.277 e. The second-order valence-electron chi connectivity index (χ2n) is 5.23. The van der Waals surface area contributed by atoms with E-state index < -0.39 is 5.91 Å². The zero-order valence-corrected chi connectivity index (χ0v) is 17.9. The van der Waals surface area contributed by atoms with Gasteiger partial charge >= 0.3 is 0 Å². The Morgan fingerprint density at radius 3 is 2.78 bits per heavy atom. The summed E-state index contributed by atoms with van der Waals surface area (Å²) in [6.07, 6.45) is 1.42. The Kier molecular flexibility index (Phi) is 6.46. The van der Waals surface area contributed by atoms with Crippen molar-refractivity contribution in [2.75, 3.05) is 20.5 Å².